The Hall–Kier alpha value is -3.16. The molecule has 6 nitrogen and oxygen atoms in total. The summed E-state index contributed by atoms with van der Waals surface area (Å²) in [5.74, 6) is -0.185. The number of ether oxygens (including phenoxy) is 3. The maximum Gasteiger partial charge on any atom is 0.387 e. The van der Waals surface area contributed by atoms with Crippen LogP contribution in [0.4, 0.5) is 14.5 Å². The number of anilines is 1. The molecule has 1 amide bonds. The van der Waals surface area contributed by atoms with Crippen molar-refractivity contribution < 1.29 is 32.6 Å². The predicted octanol–water partition coefficient (Wildman–Crippen LogP) is 3.47. The number of Topliss-reactive ketones (excluding diaryl/α,β-unsaturated/α-hetero) is 1. The molecule has 1 N–H and O–H groups in total. The fraction of sp³-hybridized carbons (Fsp3) is 0.176. The molecule has 0 atom stereocenters. The van der Waals surface area contributed by atoms with E-state index in [1.807, 2.05) is 0 Å². The third kappa shape index (κ3) is 3.68. The molecule has 0 aliphatic carbocycles. The molecule has 0 bridgehead atoms. The van der Waals surface area contributed by atoms with Gasteiger partial charge in [-0.05, 0) is 31.2 Å². The highest BCUT2D eigenvalue weighted by atomic mass is 19.3. The van der Waals surface area contributed by atoms with Crippen molar-refractivity contribution >= 4 is 17.4 Å². The van der Waals surface area contributed by atoms with E-state index < -0.39 is 12.5 Å². The van der Waals surface area contributed by atoms with Crippen molar-refractivity contribution in [1.82, 2.24) is 0 Å². The van der Waals surface area contributed by atoms with Crippen LogP contribution in [0.1, 0.15) is 27.6 Å². The number of hydrogen-bond donors (Lipinski definition) is 1. The van der Waals surface area contributed by atoms with Crippen molar-refractivity contribution in [2.75, 3.05) is 12.1 Å². The van der Waals surface area contributed by atoms with E-state index in [9.17, 15) is 18.4 Å². The second-order valence-electron chi connectivity index (χ2n) is 5.17. The monoisotopic (exact) mass is 349 g/mol. The summed E-state index contributed by atoms with van der Waals surface area (Å²) >= 11 is 0. The summed E-state index contributed by atoms with van der Waals surface area (Å²) < 4.78 is 39.3. The van der Waals surface area contributed by atoms with E-state index >= 15 is 0 Å². The average molecular weight is 349 g/mol. The standard InChI is InChI=1S/C17H13F2NO5/c1-9(21)12-6-14-15(24-8-23-14)7-13(12)20-16(22)10-3-2-4-11(5-10)25-17(18)19/h2-7,17H,8H2,1H3,(H,20,22). The zero-order valence-corrected chi connectivity index (χ0v) is 13.0. The second-order valence-corrected chi connectivity index (χ2v) is 5.17. The first kappa shape index (κ1) is 16.7. The zero-order valence-electron chi connectivity index (χ0n) is 13.0. The first-order valence-electron chi connectivity index (χ1n) is 7.25. The lowest BCUT2D eigenvalue weighted by Gasteiger charge is -2.11. The number of hydrogen-bond acceptors (Lipinski definition) is 5. The first-order chi connectivity index (χ1) is 11.9. The normalized spacial score (nSPS) is 12.2. The third-order valence-corrected chi connectivity index (χ3v) is 3.46. The van der Waals surface area contributed by atoms with Gasteiger partial charge in [0.05, 0.1) is 5.69 Å². The van der Waals surface area contributed by atoms with Crippen LogP contribution < -0.4 is 19.5 Å². The molecule has 8 heteroatoms. The maximum absolute atomic E-state index is 12.4. The molecule has 0 fully saturated rings. The Morgan fingerprint density at radius 2 is 1.88 bits per heavy atom. The Morgan fingerprint density at radius 1 is 1.16 bits per heavy atom. The minimum atomic E-state index is -2.99. The van der Waals surface area contributed by atoms with Crippen LogP contribution in [-0.4, -0.2) is 25.1 Å². The third-order valence-electron chi connectivity index (χ3n) is 3.46. The Bertz CT molecular complexity index is 838. The van der Waals surface area contributed by atoms with Crippen molar-refractivity contribution in [1.29, 1.82) is 0 Å². The Morgan fingerprint density at radius 3 is 2.56 bits per heavy atom. The highest BCUT2D eigenvalue weighted by Gasteiger charge is 2.21. The number of alkyl halides is 2. The summed E-state index contributed by atoms with van der Waals surface area (Å²) in [6.07, 6.45) is 0. The van der Waals surface area contributed by atoms with Crippen molar-refractivity contribution in [3.05, 3.63) is 47.5 Å². The molecule has 0 unspecified atom stereocenters. The SMILES string of the molecule is CC(=O)c1cc2c(cc1NC(=O)c1cccc(OC(F)F)c1)OCO2. The molecule has 3 rings (SSSR count). The summed E-state index contributed by atoms with van der Waals surface area (Å²) in [4.78, 5) is 24.2. The lowest BCUT2D eigenvalue weighted by molar-refractivity contribution is -0.0498. The molecule has 0 aromatic heterocycles. The van der Waals surface area contributed by atoms with Crippen LogP contribution in [0, 0.1) is 0 Å². The van der Waals surface area contributed by atoms with Crippen LogP contribution in [0.25, 0.3) is 0 Å². The molecule has 2 aromatic rings. The summed E-state index contributed by atoms with van der Waals surface area (Å²) in [5, 5.41) is 2.58. The lowest BCUT2D eigenvalue weighted by Crippen LogP contribution is -2.14. The number of fused-ring (bicyclic) bond motifs is 1. The number of nitrogens with one attached hydrogen (secondary N) is 1. The van der Waals surface area contributed by atoms with Gasteiger partial charge in [0.25, 0.3) is 5.91 Å². The number of rotatable bonds is 5. The molecule has 0 spiro atoms. The quantitative estimate of drug-likeness (QED) is 0.837. The van der Waals surface area contributed by atoms with Gasteiger partial charge in [-0.2, -0.15) is 8.78 Å². The van der Waals surface area contributed by atoms with Crippen molar-refractivity contribution in [2.24, 2.45) is 0 Å². The molecule has 0 radical (unpaired) electrons. The molecule has 0 saturated heterocycles. The van der Waals surface area contributed by atoms with Crippen molar-refractivity contribution in [3.63, 3.8) is 0 Å². The highest BCUT2D eigenvalue weighted by molar-refractivity contribution is 6.09. The fourth-order valence-electron chi connectivity index (χ4n) is 2.34. The van der Waals surface area contributed by atoms with E-state index in [4.69, 9.17) is 9.47 Å². The van der Waals surface area contributed by atoms with Gasteiger partial charge in [-0.25, -0.2) is 0 Å². The van der Waals surface area contributed by atoms with Crippen molar-refractivity contribution in [3.8, 4) is 17.2 Å². The van der Waals surface area contributed by atoms with Gasteiger partial charge in [0.2, 0.25) is 6.79 Å². The van der Waals surface area contributed by atoms with Gasteiger partial charge < -0.3 is 19.5 Å². The van der Waals surface area contributed by atoms with Gasteiger partial charge >= 0.3 is 6.61 Å². The summed E-state index contributed by atoms with van der Waals surface area (Å²) in [7, 11) is 0. The maximum atomic E-state index is 12.4. The number of halogens is 2. The lowest BCUT2D eigenvalue weighted by atomic mass is 10.1. The second kappa shape index (κ2) is 6.76. The molecule has 1 aliphatic heterocycles. The van der Waals surface area contributed by atoms with E-state index in [0.717, 1.165) is 0 Å². The van der Waals surface area contributed by atoms with E-state index in [-0.39, 0.29) is 35.1 Å². The van der Waals surface area contributed by atoms with Crippen LogP contribution in [0.5, 0.6) is 17.2 Å². The molecular weight excluding hydrogens is 336 g/mol. The molecule has 25 heavy (non-hydrogen) atoms. The Labute approximate surface area is 141 Å². The number of amides is 1. The van der Waals surface area contributed by atoms with Crippen LogP contribution in [0.15, 0.2) is 36.4 Å². The fourth-order valence-corrected chi connectivity index (χ4v) is 2.34. The van der Waals surface area contributed by atoms with Crippen LogP contribution in [0.2, 0.25) is 0 Å². The van der Waals surface area contributed by atoms with Gasteiger partial charge in [-0.3, -0.25) is 9.59 Å². The number of benzene rings is 2. The van der Waals surface area contributed by atoms with E-state index in [1.165, 1.54) is 43.3 Å². The largest absolute Gasteiger partial charge is 0.454 e. The molecule has 130 valence electrons. The number of carbonyl (C=O) groups is 2. The van der Waals surface area contributed by atoms with Gasteiger partial charge in [0.15, 0.2) is 17.3 Å². The topological polar surface area (TPSA) is 73.9 Å². The number of carbonyl (C=O) groups excluding carboxylic acids is 2. The zero-order chi connectivity index (χ0) is 18.0. The van der Waals surface area contributed by atoms with Crippen LogP contribution in [-0.2, 0) is 0 Å². The Balaban J connectivity index is 1.87. The highest BCUT2D eigenvalue weighted by Crippen LogP contribution is 2.37. The first-order valence-corrected chi connectivity index (χ1v) is 7.25. The van der Waals surface area contributed by atoms with Crippen LogP contribution in [0.3, 0.4) is 0 Å². The molecule has 0 saturated carbocycles. The van der Waals surface area contributed by atoms with Gasteiger partial charge in [-0.15, -0.1) is 0 Å². The summed E-state index contributed by atoms with van der Waals surface area (Å²) in [6.45, 7) is -1.61. The average Bonchev–Trinajstić information content (AvgIpc) is 3.00. The van der Waals surface area contributed by atoms with Crippen molar-refractivity contribution in [2.45, 2.75) is 13.5 Å². The minimum Gasteiger partial charge on any atom is -0.454 e. The van der Waals surface area contributed by atoms with E-state index in [0.29, 0.717) is 11.5 Å². The molecule has 2 aromatic carbocycles. The summed E-state index contributed by atoms with van der Waals surface area (Å²) in [6, 6.07) is 8.31. The van der Waals surface area contributed by atoms with Gasteiger partial charge in [-0.1, -0.05) is 6.07 Å². The molecule has 1 heterocycles. The number of ketones is 1. The predicted molar refractivity (Wildman–Crippen MR) is 83.6 cm³/mol. The molecule has 1 aliphatic rings. The Kier molecular flexibility index (Phi) is 4.51. The van der Waals surface area contributed by atoms with Gasteiger partial charge in [0, 0.05) is 17.2 Å². The summed E-state index contributed by atoms with van der Waals surface area (Å²) in [5.41, 5.74) is 0.588. The van der Waals surface area contributed by atoms with Crippen LogP contribution >= 0.6 is 0 Å². The van der Waals surface area contributed by atoms with Gasteiger partial charge in [0.1, 0.15) is 5.75 Å². The van der Waals surface area contributed by atoms with E-state index in [2.05, 4.69) is 10.1 Å². The molecular formula is C17H13F2NO5. The smallest absolute Gasteiger partial charge is 0.387 e. The van der Waals surface area contributed by atoms with E-state index in [1.54, 1.807) is 0 Å². The minimum absolute atomic E-state index is 0.0249.